The summed E-state index contributed by atoms with van der Waals surface area (Å²) in [5, 5.41) is 2.49. The SMILES string of the molecule is Cc1ccc(C)c(OCCC2=NC(=O)C(N)C(=O)N2)c1. The summed E-state index contributed by atoms with van der Waals surface area (Å²) in [6.07, 6.45) is 0.345. The van der Waals surface area contributed by atoms with E-state index in [0.29, 0.717) is 18.9 Å². The average molecular weight is 275 g/mol. The first-order valence-electron chi connectivity index (χ1n) is 6.35. The fraction of sp³-hybridized carbons (Fsp3) is 0.357. The second-order valence-corrected chi connectivity index (χ2v) is 4.73. The second-order valence-electron chi connectivity index (χ2n) is 4.73. The fourth-order valence-corrected chi connectivity index (χ4v) is 1.80. The Morgan fingerprint density at radius 2 is 2.10 bits per heavy atom. The van der Waals surface area contributed by atoms with Crippen molar-refractivity contribution in [1.82, 2.24) is 5.32 Å². The number of hydrogen-bond acceptors (Lipinski definition) is 4. The lowest BCUT2D eigenvalue weighted by molar-refractivity contribution is -0.129. The van der Waals surface area contributed by atoms with Crippen LogP contribution in [0, 0.1) is 13.8 Å². The number of amides is 2. The molecule has 0 bridgehead atoms. The van der Waals surface area contributed by atoms with E-state index in [2.05, 4.69) is 10.3 Å². The van der Waals surface area contributed by atoms with Gasteiger partial charge in [-0.15, -0.1) is 0 Å². The monoisotopic (exact) mass is 275 g/mol. The number of carbonyl (C=O) groups is 2. The van der Waals surface area contributed by atoms with E-state index in [9.17, 15) is 9.59 Å². The van der Waals surface area contributed by atoms with Crippen molar-refractivity contribution in [2.24, 2.45) is 10.7 Å². The number of benzene rings is 1. The summed E-state index contributed by atoms with van der Waals surface area (Å²) >= 11 is 0. The molecule has 106 valence electrons. The minimum atomic E-state index is -1.20. The summed E-state index contributed by atoms with van der Waals surface area (Å²) in [5.41, 5.74) is 7.48. The molecule has 1 aromatic rings. The van der Waals surface area contributed by atoms with E-state index < -0.39 is 17.9 Å². The molecule has 0 radical (unpaired) electrons. The zero-order valence-corrected chi connectivity index (χ0v) is 11.5. The van der Waals surface area contributed by atoms with E-state index >= 15 is 0 Å². The Hall–Kier alpha value is -2.21. The number of aliphatic imine (C=N–C) groups is 1. The molecule has 6 heteroatoms. The molecule has 2 amide bonds. The highest BCUT2D eigenvalue weighted by Gasteiger charge is 2.27. The van der Waals surface area contributed by atoms with Crippen molar-refractivity contribution in [3.63, 3.8) is 0 Å². The van der Waals surface area contributed by atoms with E-state index in [-0.39, 0.29) is 0 Å². The van der Waals surface area contributed by atoms with Crippen molar-refractivity contribution >= 4 is 17.6 Å². The van der Waals surface area contributed by atoms with Gasteiger partial charge in [-0.3, -0.25) is 9.59 Å². The van der Waals surface area contributed by atoms with Gasteiger partial charge in [0.1, 0.15) is 11.6 Å². The Kier molecular flexibility index (Phi) is 4.14. The van der Waals surface area contributed by atoms with Crippen molar-refractivity contribution in [3.8, 4) is 5.75 Å². The van der Waals surface area contributed by atoms with Crippen molar-refractivity contribution < 1.29 is 14.3 Å². The number of ether oxygens (including phenoxy) is 1. The highest BCUT2D eigenvalue weighted by Crippen LogP contribution is 2.19. The van der Waals surface area contributed by atoms with Gasteiger partial charge in [0.05, 0.1) is 6.61 Å². The minimum Gasteiger partial charge on any atom is -0.493 e. The zero-order chi connectivity index (χ0) is 14.7. The third kappa shape index (κ3) is 3.21. The van der Waals surface area contributed by atoms with Gasteiger partial charge in [-0.2, -0.15) is 4.99 Å². The number of nitrogens with one attached hydrogen (secondary N) is 1. The molecular formula is C14H17N3O3. The molecule has 1 unspecified atom stereocenters. The lowest BCUT2D eigenvalue weighted by Gasteiger charge is -2.17. The summed E-state index contributed by atoms with van der Waals surface area (Å²) < 4.78 is 5.64. The standard InChI is InChI=1S/C14H17N3O3/c1-8-3-4-9(2)10(7-8)20-6-5-11-16-13(18)12(15)14(19)17-11/h3-4,7,12H,5-6,15H2,1-2H3,(H,16,17,18,19). The molecule has 1 aliphatic heterocycles. The van der Waals surface area contributed by atoms with E-state index in [1.165, 1.54) is 0 Å². The van der Waals surface area contributed by atoms with E-state index in [1.54, 1.807) is 0 Å². The molecule has 0 saturated heterocycles. The number of nitrogens with zero attached hydrogens (tertiary/aromatic N) is 1. The molecule has 0 fully saturated rings. The lowest BCUT2D eigenvalue weighted by atomic mass is 10.1. The van der Waals surface area contributed by atoms with Crippen LogP contribution >= 0.6 is 0 Å². The number of nitrogens with two attached hydrogens (primary N) is 1. The van der Waals surface area contributed by atoms with Gasteiger partial charge in [0.25, 0.3) is 11.8 Å². The van der Waals surface area contributed by atoms with Gasteiger partial charge in [0, 0.05) is 6.42 Å². The molecule has 2 rings (SSSR count). The van der Waals surface area contributed by atoms with Gasteiger partial charge in [-0.25, -0.2) is 0 Å². The molecule has 0 aliphatic carbocycles. The minimum absolute atomic E-state index is 0.298. The molecule has 0 spiro atoms. The molecule has 1 heterocycles. The van der Waals surface area contributed by atoms with E-state index in [1.807, 2.05) is 32.0 Å². The largest absolute Gasteiger partial charge is 0.493 e. The summed E-state index contributed by atoms with van der Waals surface area (Å²) in [6.45, 7) is 4.26. The van der Waals surface area contributed by atoms with Crippen LogP contribution in [-0.4, -0.2) is 30.3 Å². The molecule has 6 nitrogen and oxygen atoms in total. The molecule has 1 aliphatic rings. The van der Waals surface area contributed by atoms with E-state index in [0.717, 1.165) is 16.9 Å². The quantitative estimate of drug-likeness (QED) is 0.780. The summed E-state index contributed by atoms with van der Waals surface area (Å²) in [5.74, 6) is -0.0509. The maximum Gasteiger partial charge on any atom is 0.273 e. The molecule has 3 N–H and O–H groups in total. The first-order valence-corrected chi connectivity index (χ1v) is 6.35. The van der Waals surface area contributed by atoms with Crippen molar-refractivity contribution in [2.75, 3.05) is 6.61 Å². The number of amidine groups is 1. The van der Waals surface area contributed by atoms with Gasteiger partial charge in [0.2, 0.25) is 0 Å². The van der Waals surface area contributed by atoms with Gasteiger partial charge in [-0.05, 0) is 31.0 Å². The second kappa shape index (κ2) is 5.83. The van der Waals surface area contributed by atoms with Gasteiger partial charge in [0.15, 0.2) is 6.04 Å². The molecule has 20 heavy (non-hydrogen) atoms. The molecule has 0 aromatic heterocycles. The Labute approximate surface area is 117 Å². The Balaban J connectivity index is 1.93. The number of rotatable bonds is 4. The predicted octanol–water partition coefficient (Wildman–Crippen LogP) is 0.455. The van der Waals surface area contributed by atoms with Crippen LogP contribution in [0.25, 0.3) is 0 Å². The van der Waals surface area contributed by atoms with Crippen molar-refractivity contribution in [1.29, 1.82) is 0 Å². The maximum absolute atomic E-state index is 11.4. The van der Waals surface area contributed by atoms with Crippen LogP contribution in [0.3, 0.4) is 0 Å². The molecular weight excluding hydrogens is 258 g/mol. The third-order valence-electron chi connectivity index (χ3n) is 3.00. The summed E-state index contributed by atoms with van der Waals surface area (Å²) in [4.78, 5) is 26.4. The third-order valence-corrected chi connectivity index (χ3v) is 3.00. The van der Waals surface area contributed by atoms with Crippen LogP contribution in [0.5, 0.6) is 5.75 Å². The van der Waals surface area contributed by atoms with Crippen molar-refractivity contribution in [2.45, 2.75) is 26.3 Å². The zero-order valence-electron chi connectivity index (χ0n) is 11.5. The Morgan fingerprint density at radius 3 is 2.80 bits per heavy atom. The number of aryl methyl sites for hydroxylation is 2. The highest BCUT2D eigenvalue weighted by atomic mass is 16.5. The van der Waals surface area contributed by atoms with E-state index in [4.69, 9.17) is 10.5 Å². The molecule has 1 aromatic carbocycles. The Morgan fingerprint density at radius 1 is 1.35 bits per heavy atom. The fourth-order valence-electron chi connectivity index (χ4n) is 1.80. The molecule has 1 atom stereocenters. The highest BCUT2D eigenvalue weighted by molar-refractivity contribution is 6.18. The van der Waals surface area contributed by atoms with Gasteiger partial charge >= 0.3 is 0 Å². The number of carbonyl (C=O) groups excluding carboxylic acids is 2. The van der Waals surface area contributed by atoms with Gasteiger partial charge < -0.3 is 15.8 Å². The van der Waals surface area contributed by atoms with Crippen LogP contribution in [0.4, 0.5) is 0 Å². The lowest BCUT2D eigenvalue weighted by Crippen LogP contribution is -2.52. The van der Waals surface area contributed by atoms with Gasteiger partial charge in [-0.1, -0.05) is 12.1 Å². The first-order chi connectivity index (χ1) is 9.47. The summed E-state index contributed by atoms with van der Waals surface area (Å²) in [6, 6.07) is 4.73. The average Bonchev–Trinajstić information content (AvgIpc) is 2.40. The first kappa shape index (κ1) is 14.2. The normalized spacial score (nSPS) is 18.6. The van der Waals surface area contributed by atoms with Crippen LogP contribution in [0.2, 0.25) is 0 Å². The summed E-state index contributed by atoms with van der Waals surface area (Å²) in [7, 11) is 0. The van der Waals surface area contributed by atoms with Crippen LogP contribution < -0.4 is 15.8 Å². The van der Waals surface area contributed by atoms with Crippen LogP contribution in [0.15, 0.2) is 23.2 Å². The maximum atomic E-state index is 11.4. The Bertz CT molecular complexity index is 581. The number of hydrogen-bond donors (Lipinski definition) is 2. The smallest absolute Gasteiger partial charge is 0.273 e. The van der Waals surface area contributed by atoms with Crippen LogP contribution in [-0.2, 0) is 9.59 Å². The topological polar surface area (TPSA) is 93.8 Å². The predicted molar refractivity (Wildman–Crippen MR) is 74.6 cm³/mol. The van der Waals surface area contributed by atoms with Crippen LogP contribution in [0.1, 0.15) is 17.5 Å². The van der Waals surface area contributed by atoms with Crippen molar-refractivity contribution in [3.05, 3.63) is 29.3 Å². The molecule has 0 saturated carbocycles.